The Hall–Kier alpha value is -3.35. The number of benzene rings is 2. The lowest BCUT2D eigenvalue weighted by atomic mass is 9.90. The van der Waals surface area contributed by atoms with Crippen LogP contribution in [0.5, 0.6) is 0 Å². The van der Waals surface area contributed by atoms with E-state index in [1.807, 2.05) is 49.4 Å². The van der Waals surface area contributed by atoms with Crippen LogP contribution in [0.15, 0.2) is 82.0 Å². The number of rotatable bonds is 7. The third-order valence-corrected chi connectivity index (χ3v) is 6.69. The summed E-state index contributed by atoms with van der Waals surface area (Å²) in [6.45, 7) is 4.90. The number of furan rings is 1. The predicted molar refractivity (Wildman–Crippen MR) is 134 cm³/mol. The van der Waals surface area contributed by atoms with Crippen LogP contribution in [0.3, 0.4) is 0 Å². The van der Waals surface area contributed by atoms with Crippen LogP contribution < -0.4 is 10.9 Å². The van der Waals surface area contributed by atoms with Gasteiger partial charge in [0.1, 0.15) is 11.5 Å². The summed E-state index contributed by atoms with van der Waals surface area (Å²) >= 11 is 6.28. The number of hydrogen-bond donors (Lipinski definition) is 2. The van der Waals surface area contributed by atoms with Gasteiger partial charge in [-0.3, -0.25) is 14.7 Å². The number of nitrogens with zero attached hydrogens (tertiary/aromatic N) is 2. The van der Waals surface area contributed by atoms with E-state index < -0.39 is 0 Å². The predicted octanol–water partition coefficient (Wildman–Crippen LogP) is 5.32. The molecule has 1 aliphatic rings. The molecule has 5 rings (SSSR count). The third-order valence-electron chi connectivity index (χ3n) is 6.32. The van der Waals surface area contributed by atoms with Gasteiger partial charge in [-0.2, -0.15) is 0 Å². The monoisotopic (exact) mass is 474 g/mol. The Bertz CT molecular complexity index is 1320. The van der Waals surface area contributed by atoms with Crippen molar-refractivity contribution >= 4 is 17.5 Å². The SMILES string of the molecule is Cc1ccc([C@H]2CN(Cc3ccccc3)C[C@H]2c2cc(=O)[nH]c(NCc3ccccc3Cl)n2)o1. The summed E-state index contributed by atoms with van der Waals surface area (Å²) in [6, 6.07) is 23.7. The Morgan fingerprint density at radius 3 is 2.59 bits per heavy atom. The number of likely N-dealkylation sites (tertiary alicyclic amines) is 1. The maximum atomic E-state index is 12.6. The molecular weight excluding hydrogens is 448 g/mol. The first-order chi connectivity index (χ1) is 16.5. The Morgan fingerprint density at radius 1 is 1.06 bits per heavy atom. The zero-order valence-corrected chi connectivity index (χ0v) is 19.8. The lowest BCUT2D eigenvalue weighted by molar-refractivity contribution is 0.319. The van der Waals surface area contributed by atoms with Crippen LogP contribution in [-0.4, -0.2) is 28.0 Å². The molecule has 7 heteroatoms. The van der Waals surface area contributed by atoms with Crippen molar-refractivity contribution in [2.45, 2.75) is 31.8 Å². The topological polar surface area (TPSA) is 74.2 Å². The number of aromatic nitrogens is 2. The van der Waals surface area contributed by atoms with E-state index in [-0.39, 0.29) is 17.4 Å². The number of H-pyrrole nitrogens is 1. The Balaban J connectivity index is 1.41. The van der Waals surface area contributed by atoms with Gasteiger partial charge < -0.3 is 9.73 Å². The molecule has 0 saturated carbocycles. The molecule has 0 unspecified atom stereocenters. The van der Waals surface area contributed by atoms with E-state index in [1.165, 1.54) is 5.56 Å². The highest BCUT2D eigenvalue weighted by atomic mass is 35.5. The van der Waals surface area contributed by atoms with Crippen LogP contribution in [0.4, 0.5) is 5.95 Å². The van der Waals surface area contributed by atoms with E-state index in [9.17, 15) is 4.79 Å². The molecule has 1 fully saturated rings. The van der Waals surface area contributed by atoms with Gasteiger partial charge in [0.25, 0.3) is 5.56 Å². The molecule has 0 amide bonds. The molecule has 2 N–H and O–H groups in total. The average Bonchev–Trinajstić information content (AvgIpc) is 3.45. The van der Waals surface area contributed by atoms with Gasteiger partial charge in [-0.15, -0.1) is 0 Å². The molecule has 174 valence electrons. The van der Waals surface area contributed by atoms with Crippen molar-refractivity contribution in [3.8, 4) is 0 Å². The minimum Gasteiger partial charge on any atom is -0.466 e. The highest BCUT2D eigenvalue weighted by Crippen LogP contribution is 2.40. The second-order valence-electron chi connectivity index (χ2n) is 8.80. The zero-order chi connectivity index (χ0) is 23.5. The van der Waals surface area contributed by atoms with Gasteiger partial charge >= 0.3 is 0 Å². The van der Waals surface area contributed by atoms with Gasteiger partial charge in [-0.25, -0.2) is 4.98 Å². The molecule has 34 heavy (non-hydrogen) atoms. The molecule has 0 bridgehead atoms. The van der Waals surface area contributed by atoms with E-state index in [4.69, 9.17) is 21.0 Å². The first-order valence-electron chi connectivity index (χ1n) is 11.5. The summed E-state index contributed by atoms with van der Waals surface area (Å²) in [6.07, 6.45) is 0. The van der Waals surface area contributed by atoms with Gasteiger partial charge in [0, 0.05) is 49.1 Å². The Labute approximate surface area is 203 Å². The normalized spacial score (nSPS) is 18.3. The van der Waals surface area contributed by atoms with Crippen LogP contribution in [0.1, 0.15) is 40.2 Å². The number of anilines is 1. The van der Waals surface area contributed by atoms with E-state index in [0.29, 0.717) is 17.5 Å². The number of hydrogen-bond acceptors (Lipinski definition) is 5. The fourth-order valence-corrected chi connectivity index (χ4v) is 4.87. The van der Waals surface area contributed by atoms with Crippen LogP contribution in [0.2, 0.25) is 5.02 Å². The first-order valence-corrected chi connectivity index (χ1v) is 11.8. The minimum absolute atomic E-state index is 0.0393. The van der Waals surface area contributed by atoms with Crippen molar-refractivity contribution in [3.63, 3.8) is 0 Å². The number of aromatic amines is 1. The van der Waals surface area contributed by atoms with Gasteiger partial charge in [0.05, 0.1) is 5.69 Å². The second kappa shape index (κ2) is 9.87. The third kappa shape index (κ3) is 5.08. The molecule has 2 aromatic heterocycles. The molecule has 2 aromatic carbocycles. The van der Waals surface area contributed by atoms with Gasteiger partial charge in [-0.1, -0.05) is 60.1 Å². The zero-order valence-electron chi connectivity index (χ0n) is 19.0. The van der Waals surface area contributed by atoms with Crippen molar-refractivity contribution in [2.75, 3.05) is 18.4 Å². The summed E-state index contributed by atoms with van der Waals surface area (Å²) in [5.74, 6) is 2.42. The van der Waals surface area contributed by atoms with Crippen molar-refractivity contribution in [3.05, 3.63) is 117 Å². The van der Waals surface area contributed by atoms with Crippen LogP contribution in [0.25, 0.3) is 0 Å². The maximum absolute atomic E-state index is 12.6. The first kappa shape index (κ1) is 22.4. The van der Waals surface area contributed by atoms with Crippen LogP contribution in [0, 0.1) is 6.92 Å². The molecule has 0 spiro atoms. The number of nitrogens with one attached hydrogen (secondary N) is 2. The van der Waals surface area contributed by atoms with Crippen molar-refractivity contribution in [1.82, 2.24) is 14.9 Å². The summed E-state index contributed by atoms with van der Waals surface area (Å²) < 4.78 is 6.03. The molecule has 2 atom stereocenters. The molecule has 6 nitrogen and oxygen atoms in total. The highest BCUT2D eigenvalue weighted by molar-refractivity contribution is 6.31. The largest absolute Gasteiger partial charge is 0.466 e. The quantitative estimate of drug-likeness (QED) is 0.379. The fourth-order valence-electron chi connectivity index (χ4n) is 4.67. The Morgan fingerprint density at radius 2 is 1.82 bits per heavy atom. The molecule has 4 aromatic rings. The number of aryl methyl sites for hydroxylation is 1. The van der Waals surface area contributed by atoms with Gasteiger partial charge in [-0.05, 0) is 36.2 Å². The lowest BCUT2D eigenvalue weighted by Crippen LogP contribution is -2.21. The minimum atomic E-state index is -0.178. The Kier molecular flexibility index (Phi) is 6.52. The van der Waals surface area contributed by atoms with Crippen LogP contribution >= 0.6 is 11.6 Å². The molecule has 0 aliphatic carbocycles. The summed E-state index contributed by atoms with van der Waals surface area (Å²) in [7, 11) is 0. The van der Waals surface area contributed by atoms with E-state index in [1.54, 1.807) is 6.07 Å². The highest BCUT2D eigenvalue weighted by Gasteiger charge is 2.38. The standard InChI is InChI=1S/C27H27ClN4O2/c1-18-11-12-25(34-18)22-17-32(15-19-7-3-2-4-8-19)16-21(22)24-13-26(33)31-27(30-24)29-14-20-9-5-6-10-23(20)28/h2-13,21-22H,14-17H2,1H3,(H2,29,30,31,33)/t21-,22+/m1/s1. The van der Waals surface area contributed by atoms with Crippen LogP contribution in [-0.2, 0) is 13.1 Å². The number of halogens is 1. The van der Waals surface area contributed by atoms with Crippen molar-refractivity contribution in [1.29, 1.82) is 0 Å². The van der Waals surface area contributed by atoms with E-state index in [0.717, 1.165) is 42.4 Å². The second-order valence-corrected chi connectivity index (χ2v) is 9.21. The smallest absolute Gasteiger partial charge is 0.252 e. The van der Waals surface area contributed by atoms with E-state index in [2.05, 4.69) is 39.5 Å². The summed E-state index contributed by atoms with van der Waals surface area (Å²) in [5, 5.41) is 3.90. The summed E-state index contributed by atoms with van der Waals surface area (Å²) in [5.41, 5.74) is 2.79. The van der Waals surface area contributed by atoms with E-state index >= 15 is 0 Å². The fraction of sp³-hybridized carbons (Fsp3) is 0.259. The summed E-state index contributed by atoms with van der Waals surface area (Å²) in [4.78, 5) is 22.6. The molecular formula is C27H27ClN4O2. The van der Waals surface area contributed by atoms with Gasteiger partial charge in [0.15, 0.2) is 0 Å². The average molecular weight is 475 g/mol. The molecule has 0 radical (unpaired) electrons. The molecule has 1 saturated heterocycles. The van der Waals surface area contributed by atoms with Gasteiger partial charge in [0.2, 0.25) is 5.95 Å². The lowest BCUT2D eigenvalue weighted by Gasteiger charge is -2.17. The maximum Gasteiger partial charge on any atom is 0.252 e. The molecule has 1 aliphatic heterocycles. The van der Waals surface area contributed by atoms with Crippen molar-refractivity contribution in [2.24, 2.45) is 0 Å². The molecule has 3 heterocycles. The van der Waals surface area contributed by atoms with Crippen molar-refractivity contribution < 1.29 is 4.42 Å².